The summed E-state index contributed by atoms with van der Waals surface area (Å²) in [5.74, 6) is 0.687. The lowest BCUT2D eigenvalue weighted by Gasteiger charge is -2.30. The number of hydrogen-bond acceptors (Lipinski definition) is 3. The summed E-state index contributed by atoms with van der Waals surface area (Å²) < 4.78 is 5.44. The van der Waals surface area contributed by atoms with Crippen molar-refractivity contribution >= 4 is 12.0 Å². The Labute approximate surface area is 184 Å². The van der Waals surface area contributed by atoms with Crippen molar-refractivity contribution in [2.24, 2.45) is 11.3 Å². The molecule has 30 heavy (non-hydrogen) atoms. The van der Waals surface area contributed by atoms with Crippen LogP contribution in [-0.2, 0) is 9.53 Å². The van der Waals surface area contributed by atoms with E-state index in [0.29, 0.717) is 18.9 Å². The molecule has 1 aliphatic rings. The van der Waals surface area contributed by atoms with E-state index in [1.165, 1.54) is 11.1 Å². The first-order valence-electron chi connectivity index (χ1n) is 11.5. The first kappa shape index (κ1) is 24.6. The van der Waals surface area contributed by atoms with Crippen molar-refractivity contribution in [3.63, 3.8) is 0 Å². The predicted molar refractivity (Wildman–Crippen MR) is 126 cm³/mol. The van der Waals surface area contributed by atoms with Gasteiger partial charge in [0, 0.05) is 39.1 Å². The molecule has 0 aliphatic carbocycles. The number of carbonyl (C=O) groups is 1. The van der Waals surface area contributed by atoms with E-state index in [9.17, 15) is 4.79 Å². The Balaban J connectivity index is 1.96. The second-order valence-corrected chi connectivity index (χ2v) is 10.1. The number of carbonyl (C=O) groups excluding carboxylic acids is 1. The fraction of sp³-hybridized carbons (Fsp3) is 0.654. The van der Waals surface area contributed by atoms with Crippen molar-refractivity contribution in [2.75, 3.05) is 45.9 Å². The van der Waals surface area contributed by atoms with Gasteiger partial charge in [0.2, 0.25) is 5.91 Å². The molecule has 1 aromatic carbocycles. The van der Waals surface area contributed by atoms with Crippen molar-refractivity contribution in [1.82, 2.24) is 9.80 Å². The second-order valence-electron chi connectivity index (χ2n) is 10.1. The molecule has 0 radical (unpaired) electrons. The van der Waals surface area contributed by atoms with Gasteiger partial charge in [-0.3, -0.25) is 9.69 Å². The summed E-state index contributed by atoms with van der Waals surface area (Å²) in [6, 6.07) is 10.4. The molecule has 1 heterocycles. The average Bonchev–Trinajstić information content (AvgIpc) is 2.67. The quantitative estimate of drug-likeness (QED) is 0.534. The normalized spacial score (nSPS) is 17.0. The highest BCUT2D eigenvalue weighted by Gasteiger charge is 2.21. The Morgan fingerprint density at radius 2 is 1.87 bits per heavy atom. The van der Waals surface area contributed by atoms with Gasteiger partial charge in [0.25, 0.3) is 0 Å². The molecule has 1 saturated heterocycles. The Bertz CT molecular complexity index is 657. The third-order valence-electron chi connectivity index (χ3n) is 5.50. The molecule has 1 atom stereocenters. The SMILES string of the molecule is C/C(=C\c1ccccc1)CN(CCCN1CCOCC1)C(=O)CC(C)CC(C)(C)C. The van der Waals surface area contributed by atoms with Gasteiger partial charge in [-0.2, -0.15) is 0 Å². The third kappa shape index (κ3) is 9.90. The van der Waals surface area contributed by atoms with Crippen LogP contribution in [0.1, 0.15) is 59.4 Å². The van der Waals surface area contributed by atoms with Crippen molar-refractivity contribution in [3.05, 3.63) is 41.5 Å². The fourth-order valence-corrected chi connectivity index (χ4v) is 4.33. The van der Waals surface area contributed by atoms with Gasteiger partial charge in [0.1, 0.15) is 0 Å². The molecule has 2 rings (SSSR count). The molecule has 168 valence electrons. The Morgan fingerprint density at radius 3 is 2.50 bits per heavy atom. The summed E-state index contributed by atoms with van der Waals surface area (Å²) in [6.45, 7) is 17.3. The maximum absolute atomic E-state index is 13.2. The van der Waals surface area contributed by atoms with E-state index < -0.39 is 0 Å². The predicted octanol–water partition coefficient (Wildman–Crippen LogP) is 5.10. The lowest BCUT2D eigenvalue weighted by Crippen LogP contribution is -2.39. The van der Waals surface area contributed by atoms with Crippen LogP contribution in [0, 0.1) is 11.3 Å². The Morgan fingerprint density at radius 1 is 1.20 bits per heavy atom. The molecule has 1 aromatic rings. The van der Waals surface area contributed by atoms with E-state index in [1.807, 2.05) is 6.07 Å². The number of morpholine rings is 1. The van der Waals surface area contributed by atoms with Crippen LogP contribution in [0.5, 0.6) is 0 Å². The summed E-state index contributed by atoms with van der Waals surface area (Å²) in [5.41, 5.74) is 2.67. The van der Waals surface area contributed by atoms with Gasteiger partial charge in [-0.15, -0.1) is 0 Å². The molecule has 4 nitrogen and oxygen atoms in total. The average molecular weight is 415 g/mol. The van der Waals surface area contributed by atoms with Gasteiger partial charge in [-0.05, 0) is 36.7 Å². The maximum Gasteiger partial charge on any atom is 0.223 e. The second kappa shape index (κ2) is 12.3. The molecule has 1 amide bonds. The maximum atomic E-state index is 13.2. The highest BCUT2D eigenvalue weighted by atomic mass is 16.5. The number of amides is 1. The summed E-state index contributed by atoms with van der Waals surface area (Å²) in [7, 11) is 0. The zero-order valence-electron chi connectivity index (χ0n) is 19.8. The van der Waals surface area contributed by atoms with E-state index in [0.717, 1.165) is 52.2 Å². The number of ether oxygens (including phenoxy) is 1. The Kier molecular flexibility index (Phi) is 10.1. The van der Waals surface area contributed by atoms with E-state index in [4.69, 9.17) is 4.74 Å². The van der Waals surface area contributed by atoms with E-state index in [-0.39, 0.29) is 11.3 Å². The molecule has 0 aromatic heterocycles. The van der Waals surface area contributed by atoms with Crippen LogP contribution >= 0.6 is 0 Å². The van der Waals surface area contributed by atoms with Crippen LogP contribution in [-0.4, -0.2) is 61.6 Å². The van der Waals surface area contributed by atoms with Crippen LogP contribution in [0.3, 0.4) is 0 Å². The van der Waals surface area contributed by atoms with Crippen LogP contribution in [0.2, 0.25) is 0 Å². The number of hydrogen-bond donors (Lipinski definition) is 0. The molecule has 0 N–H and O–H groups in total. The number of rotatable bonds is 10. The largest absolute Gasteiger partial charge is 0.379 e. The lowest BCUT2D eigenvalue weighted by molar-refractivity contribution is -0.132. The van der Waals surface area contributed by atoms with Crippen LogP contribution in [0.25, 0.3) is 6.08 Å². The summed E-state index contributed by atoms with van der Waals surface area (Å²) in [4.78, 5) is 17.7. The van der Waals surface area contributed by atoms with Crippen molar-refractivity contribution in [3.8, 4) is 0 Å². The molecule has 1 unspecified atom stereocenters. The van der Waals surface area contributed by atoms with Gasteiger partial charge in [-0.25, -0.2) is 0 Å². The van der Waals surface area contributed by atoms with Crippen molar-refractivity contribution < 1.29 is 9.53 Å². The molecule has 0 spiro atoms. The number of nitrogens with zero attached hydrogens (tertiary/aromatic N) is 2. The van der Waals surface area contributed by atoms with E-state index in [1.54, 1.807) is 0 Å². The molecule has 1 aliphatic heterocycles. The molecule has 4 heteroatoms. The first-order chi connectivity index (χ1) is 14.2. The van der Waals surface area contributed by atoms with Crippen molar-refractivity contribution in [1.29, 1.82) is 0 Å². The molecule has 0 saturated carbocycles. The van der Waals surface area contributed by atoms with Gasteiger partial charge in [0.05, 0.1) is 13.2 Å². The van der Waals surface area contributed by atoms with Crippen molar-refractivity contribution in [2.45, 2.75) is 53.9 Å². The smallest absolute Gasteiger partial charge is 0.223 e. The van der Waals surface area contributed by atoms with Crippen LogP contribution in [0.4, 0.5) is 0 Å². The summed E-state index contributed by atoms with van der Waals surface area (Å²) >= 11 is 0. The zero-order valence-corrected chi connectivity index (χ0v) is 19.8. The zero-order chi connectivity index (χ0) is 22.0. The van der Waals surface area contributed by atoms with Gasteiger partial charge >= 0.3 is 0 Å². The van der Waals surface area contributed by atoms with Crippen LogP contribution < -0.4 is 0 Å². The minimum atomic E-state index is 0.254. The Hall–Kier alpha value is -1.65. The van der Waals surface area contributed by atoms with Crippen LogP contribution in [0.15, 0.2) is 35.9 Å². The first-order valence-corrected chi connectivity index (χ1v) is 11.5. The van der Waals surface area contributed by atoms with Gasteiger partial charge in [0.15, 0.2) is 0 Å². The number of benzene rings is 1. The van der Waals surface area contributed by atoms with E-state index in [2.05, 4.69) is 74.8 Å². The summed E-state index contributed by atoms with van der Waals surface area (Å²) in [5, 5.41) is 0. The minimum absolute atomic E-state index is 0.254. The minimum Gasteiger partial charge on any atom is -0.379 e. The fourth-order valence-electron chi connectivity index (χ4n) is 4.33. The lowest BCUT2D eigenvalue weighted by atomic mass is 9.84. The highest BCUT2D eigenvalue weighted by molar-refractivity contribution is 5.77. The highest BCUT2D eigenvalue weighted by Crippen LogP contribution is 2.26. The summed E-state index contributed by atoms with van der Waals surface area (Å²) in [6.07, 6.45) is 4.91. The standard InChI is InChI=1S/C26H42N2O2/c1-22(20-26(3,4)5)19-25(29)28(13-9-12-27-14-16-30-17-15-27)21-23(2)18-24-10-7-6-8-11-24/h6-8,10-11,18,22H,9,12-17,19-21H2,1-5H3/b23-18+. The molecule has 0 bridgehead atoms. The van der Waals surface area contributed by atoms with Gasteiger partial charge in [-0.1, -0.05) is 69.7 Å². The topological polar surface area (TPSA) is 32.8 Å². The molecule has 1 fully saturated rings. The third-order valence-corrected chi connectivity index (χ3v) is 5.50. The molecular formula is C26H42N2O2. The monoisotopic (exact) mass is 414 g/mol. The van der Waals surface area contributed by atoms with Gasteiger partial charge < -0.3 is 9.64 Å². The van der Waals surface area contributed by atoms with E-state index >= 15 is 0 Å². The molecular weight excluding hydrogens is 372 g/mol.